The van der Waals surface area contributed by atoms with E-state index >= 15 is 0 Å². The first-order chi connectivity index (χ1) is 13.9. The highest BCUT2D eigenvalue weighted by Gasteiger charge is 2.31. The van der Waals surface area contributed by atoms with Crippen molar-refractivity contribution in [3.8, 4) is 0 Å². The quantitative estimate of drug-likeness (QED) is 0.761. The van der Waals surface area contributed by atoms with E-state index in [0.717, 1.165) is 48.2 Å². The summed E-state index contributed by atoms with van der Waals surface area (Å²) in [5.41, 5.74) is 3.47. The van der Waals surface area contributed by atoms with Crippen LogP contribution in [0, 0.1) is 13.8 Å². The first-order valence-electron chi connectivity index (χ1n) is 9.96. The van der Waals surface area contributed by atoms with Crippen LogP contribution in [0.3, 0.4) is 0 Å². The molecule has 1 N–H and O–H groups in total. The standard InChI is InChI=1S/C21H26N4O3S/c1-13-14(2)24(11-16-7-6-10-28-16)21(22-13)29-15(3)20(27)25-12-19(26)23-17-8-4-5-9-18(17)25/h4-5,8-9,15-16H,6-7,10-12H2,1-3H3,(H,23,26)/t15-,16-/m1/s1. The van der Waals surface area contributed by atoms with Crippen molar-refractivity contribution in [2.75, 3.05) is 23.4 Å². The predicted octanol–water partition coefficient (Wildman–Crippen LogP) is 3.14. The van der Waals surface area contributed by atoms with Crippen LogP contribution in [-0.4, -0.2) is 45.9 Å². The average molecular weight is 415 g/mol. The highest BCUT2D eigenvalue weighted by Crippen LogP contribution is 2.33. The van der Waals surface area contributed by atoms with Crippen LogP contribution in [0.2, 0.25) is 0 Å². The van der Waals surface area contributed by atoms with Gasteiger partial charge < -0.3 is 14.6 Å². The fraction of sp³-hybridized carbons (Fsp3) is 0.476. The number of imidazole rings is 1. The Kier molecular flexibility index (Phi) is 5.65. The molecule has 2 aliphatic heterocycles. The average Bonchev–Trinajstić information content (AvgIpc) is 3.31. The molecule has 2 aliphatic rings. The zero-order valence-corrected chi connectivity index (χ0v) is 17.8. The van der Waals surface area contributed by atoms with Gasteiger partial charge in [0.15, 0.2) is 5.16 Å². The van der Waals surface area contributed by atoms with Crippen molar-refractivity contribution in [3.63, 3.8) is 0 Å². The molecule has 8 heteroatoms. The monoisotopic (exact) mass is 414 g/mol. The van der Waals surface area contributed by atoms with Gasteiger partial charge in [0, 0.05) is 12.3 Å². The molecular formula is C21H26N4O3S. The number of aromatic nitrogens is 2. The molecule has 2 amide bonds. The van der Waals surface area contributed by atoms with Crippen LogP contribution in [0.15, 0.2) is 29.4 Å². The highest BCUT2D eigenvalue weighted by molar-refractivity contribution is 8.00. The molecule has 0 aliphatic carbocycles. The van der Waals surface area contributed by atoms with Crippen molar-refractivity contribution in [1.82, 2.24) is 9.55 Å². The number of amides is 2. The minimum atomic E-state index is -0.376. The lowest BCUT2D eigenvalue weighted by Crippen LogP contribution is -2.45. The molecule has 0 radical (unpaired) electrons. The number of carbonyl (C=O) groups is 2. The minimum Gasteiger partial charge on any atom is -0.376 e. The molecule has 0 unspecified atom stereocenters. The van der Waals surface area contributed by atoms with Gasteiger partial charge in [-0.15, -0.1) is 0 Å². The number of para-hydroxylation sites is 2. The van der Waals surface area contributed by atoms with Gasteiger partial charge in [0.05, 0.1) is 35.0 Å². The fourth-order valence-corrected chi connectivity index (χ4v) is 4.85. The first-order valence-corrected chi connectivity index (χ1v) is 10.8. The van der Waals surface area contributed by atoms with Gasteiger partial charge in [-0.05, 0) is 45.7 Å². The van der Waals surface area contributed by atoms with E-state index in [4.69, 9.17) is 9.72 Å². The van der Waals surface area contributed by atoms with Crippen molar-refractivity contribution in [2.45, 2.75) is 56.7 Å². The number of thioether (sulfide) groups is 1. The van der Waals surface area contributed by atoms with Gasteiger partial charge >= 0.3 is 0 Å². The Bertz CT molecular complexity index is 936. The molecule has 154 valence electrons. The van der Waals surface area contributed by atoms with Crippen LogP contribution in [-0.2, 0) is 20.9 Å². The Morgan fingerprint density at radius 1 is 1.38 bits per heavy atom. The third-order valence-electron chi connectivity index (χ3n) is 5.50. The van der Waals surface area contributed by atoms with Crippen molar-refractivity contribution in [2.24, 2.45) is 0 Å². The molecule has 3 heterocycles. The molecule has 1 aromatic carbocycles. The smallest absolute Gasteiger partial charge is 0.244 e. The summed E-state index contributed by atoms with van der Waals surface area (Å²) < 4.78 is 7.96. The number of nitrogens with one attached hydrogen (secondary N) is 1. The number of fused-ring (bicyclic) bond motifs is 1. The number of anilines is 2. The summed E-state index contributed by atoms with van der Waals surface area (Å²) >= 11 is 1.44. The number of hydrogen-bond acceptors (Lipinski definition) is 5. The fourth-order valence-electron chi connectivity index (χ4n) is 3.78. The molecule has 2 aromatic rings. The maximum absolute atomic E-state index is 13.2. The summed E-state index contributed by atoms with van der Waals surface area (Å²) in [5.74, 6) is -0.278. The summed E-state index contributed by atoms with van der Waals surface area (Å²) in [4.78, 5) is 31.6. The number of rotatable bonds is 5. The van der Waals surface area contributed by atoms with Crippen LogP contribution >= 0.6 is 11.8 Å². The molecule has 1 aromatic heterocycles. The lowest BCUT2D eigenvalue weighted by molar-refractivity contribution is -0.121. The number of carbonyl (C=O) groups excluding carboxylic acids is 2. The van der Waals surface area contributed by atoms with Gasteiger partial charge in [-0.25, -0.2) is 4.98 Å². The summed E-state index contributed by atoms with van der Waals surface area (Å²) in [6.45, 7) is 7.51. The zero-order valence-electron chi connectivity index (χ0n) is 17.0. The largest absolute Gasteiger partial charge is 0.376 e. The highest BCUT2D eigenvalue weighted by atomic mass is 32.2. The topological polar surface area (TPSA) is 76.5 Å². The van der Waals surface area contributed by atoms with Gasteiger partial charge in [0.2, 0.25) is 11.8 Å². The summed E-state index contributed by atoms with van der Waals surface area (Å²) in [6.07, 6.45) is 2.34. The molecule has 0 saturated carbocycles. The number of ether oxygens (including phenoxy) is 1. The molecule has 2 atom stereocenters. The maximum atomic E-state index is 13.2. The number of hydrogen-bond donors (Lipinski definition) is 1. The SMILES string of the molecule is Cc1nc(S[C@H](C)C(=O)N2CC(=O)Nc3ccccc32)n(C[C@H]2CCCO2)c1C. The van der Waals surface area contributed by atoms with Crippen molar-refractivity contribution in [1.29, 1.82) is 0 Å². The lowest BCUT2D eigenvalue weighted by Gasteiger charge is -2.30. The van der Waals surface area contributed by atoms with Crippen molar-refractivity contribution < 1.29 is 14.3 Å². The molecule has 4 rings (SSSR count). The summed E-state index contributed by atoms with van der Waals surface area (Å²) in [6, 6.07) is 7.39. The van der Waals surface area contributed by atoms with E-state index in [0.29, 0.717) is 5.69 Å². The normalized spacial score (nSPS) is 19.8. The van der Waals surface area contributed by atoms with E-state index in [9.17, 15) is 9.59 Å². The van der Waals surface area contributed by atoms with E-state index < -0.39 is 0 Å². The van der Waals surface area contributed by atoms with E-state index in [1.807, 2.05) is 38.1 Å². The van der Waals surface area contributed by atoms with Crippen LogP contribution in [0.5, 0.6) is 0 Å². The van der Waals surface area contributed by atoms with Gasteiger partial charge in [-0.1, -0.05) is 23.9 Å². The Labute approximate surface area is 174 Å². The Morgan fingerprint density at radius 3 is 2.93 bits per heavy atom. The molecule has 0 bridgehead atoms. The second-order valence-corrected chi connectivity index (χ2v) is 8.87. The lowest BCUT2D eigenvalue weighted by atomic mass is 10.2. The second kappa shape index (κ2) is 8.20. The number of nitrogens with zero attached hydrogens (tertiary/aromatic N) is 3. The van der Waals surface area contributed by atoms with Crippen LogP contribution < -0.4 is 10.2 Å². The third kappa shape index (κ3) is 4.04. The van der Waals surface area contributed by atoms with E-state index in [1.54, 1.807) is 4.90 Å². The van der Waals surface area contributed by atoms with Gasteiger partial charge in [-0.3, -0.25) is 14.5 Å². The van der Waals surface area contributed by atoms with E-state index in [2.05, 4.69) is 16.8 Å². The summed E-state index contributed by atoms with van der Waals surface area (Å²) in [7, 11) is 0. The number of benzene rings is 1. The van der Waals surface area contributed by atoms with E-state index in [1.165, 1.54) is 11.8 Å². The Balaban J connectivity index is 1.54. The van der Waals surface area contributed by atoms with Crippen LogP contribution in [0.4, 0.5) is 11.4 Å². The molecule has 1 fully saturated rings. The van der Waals surface area contributed by atoms with Gasteiger partial charge in [0.1, 0.15) is 6.54 Å². The third-order valence-corrected chi connectivity index (χ3v) is 6.58. The van der Waals surface area contributed by atoms with Crippen LogP contribution in [0.25, 0.3) is 0 Å². The Hall–Kier alpha value is -2.32. The van der Waals surface area contributed by atoms with Gasteiger partial charge in [-0.2, -0.15) is 0 Å². The molecule has 7 nitrogen and oxygen atoms in total. The van der Waals surface area contributed by atoms with Crippen LogP contribution in [0.1, 0.15) is 31.2 Å². The maximum Gasteiger partial charge on any atom is 0.244 e. The molecule has 29 heavy (non-hydrogen) atoms. The van der Waals surface area contributed by atoms with Crippen molar-refractivity contribution in [3.05, 3.63) is 35.7 Å². The van der Waals surface area contributed by atoms with Crippen molar-refractivity contribution >= 4 is 35.0 Å². The van der Waals surface area contributed by atoms with Gasteiger partial charge in [0.25, 0.3) is 0 Å². The molecular weight excluding hydrogens is 388 g/mol. The minimum absolute atomic E-state index is 0.0309. The number of aryl methyl sites for hydroxylation is 1. The first kappa shape index (κ1) is 20.0. The molecule has 0 spiro atoms. The Morgan fingerprint density at radius 2 is 2.17 bits per heavy atom. The zero-order chi connectivity index (χ0) is 20.5. The molecule has 1 saturated heterocycles. The second-order valence-electron chi connectivity index (χ2n) is 7.56. The van der Waals surface area contributed by atoms with E-state index in [-0.39, 0.29) is 29.7 Å². The predicted molar refractivity (Wildman–Crippen MR) is 113 cm³/mol. The summed E-state index contributed by atoms with van der Waals surface area (Å²) in [5, 5.41) is 3.27.